The Hall–Kier alpha value is -2.02. The van der Waals surface area contributed by atoms with Gasteiger partial charge in [0.05, 0.1) is 4.90 Å². The number of aryl methyl sites for hydroxylation is 1. The van der Waals surface area contributed by atoms with Crippen LogP contribution >= 0.6 is 0 Å². The van der Waals surface area contributed by atoms with E-state index >= 15 is 0 Å². The molecule has 0 atom stereocenters. The number of hydrogen-bond donors (Lipinski definition) is 4. The first kappa shape index (κ1) is 33.0. The molecular formula is C24H40N2O7S2. The number of ether oxygens (including phenoxy) is 1. The molecule has 0 saturated heterocycles. The van der Waals surface area contributed by atoms with Gasteiger partial charge in [-0.2, -0.15) is 16.8 Å². The quantitative estimate of drug-likeness (QED) is 0.142. The van der Waals surface area contributed by atoms with Crippen molar-refractivity contribution in [2.24, 2.45) is 0 Å². The topological polar surface area (TPSA) is 188 Å². The van der Waals surface area contributed by atoms with Crippen LogP contribution in [0.1, 0.15) is 76.7 Å². The Kier molecular flexibility index (Phi) is 15.0. The van der Waals surface area contributed by atoms with Crippen molar-refractivity contribution in [1.82, 2.24) is 12.3 Å². The third-order valence-corrected chi connectivity index (χ3v) is 7.19. The summed E-state index contributed by atoms with van der Waals surface area (Å²) in [6.07, 6.45) is 13.7. The van der Waals surface area contributed by atoms with Crippen LogP contribution in [-0.2, 0) is 26.7 Å². The highest BCUT2D eigenvalue weighted by Gasteiger charge is 2.22. The first-order chi connectivity index (χ1) is 15.6. The van der Waals surface area contributed by atoms with Gasteiger partial charge in [0, 0.05) is 0 Å². The predicted molar refractivity (Wildman–Crippen MR) is 138 cm³/mol. The molecule has 11 heteroatoms. The molecule has 0 radical (unpaired) electrons. The van der Waals surface area contributed by atoms with E-state index in [2.05, 4.69) is 6.92 Å². The number of hydrogen-bond acceptors (Lipinski definition) is 7. The van der Waals surface area contributed by atoms with Crippen LogP contribution in [0.5, 0.6) is 11.5 Å². The standard InChI is InChI=1S/C24H34O7S2.2H3N/c1-2-3-4-5-6-7-8-9-10-11-12-20-13-15-21(16-14-20)31-23-18-17-22(32(25,26)27)19-24(23)33(28,29)30;;/h13-19H,2-12H2,1H3,(H,25,26,27)(H,28,29,30);2*1H3. The lowest BCUT2D eigenvalue weighted by Crippen LogP contribution is -2.05. The van der Waals surface area contributed by atoms with E-state index in [4.69, 9.17) is 9.29 Å². The molecule has 0 bridgehead atoms. The van der Waals surface area contributed by atoms with Gasteiger partial charge in [0.25, 0.3) is 20.2 Å². The van der Waals surface area contributed by atoms with E-state index < -0.39 is 30.0 Å². The van der Waals surface area contributed by atoms with Crippen LogP contribution < -0.4 is 17.0 Å². The number of unbranched alkanes of at least 4 members (excludes halogenated alkanes) is 9. The highest BCUT2D eigenvalue weighted by molar-refractivity contribution is 7.86. The van der Waals surface area contributed by atoms with Crippen molar-refractivity contribution in [3.8, 4) is 11.5 Å². The largest absolute Gasteiger partial charge is 0.456 e. The number of rotatable bonds is 15. The average molecular weight is 533 g/mol. The Labute approximate surface area is 210 Å². The minimum atomic E-state index is -4.77. The van der Waals surface area contributed by atoms with Gasteiger partial charge in [-0.05, 0) is 48.7 Å². The molecule has 0 aliphatic heterocycles. The molecule has 0 heterocycles. The molecule has 0 aromatic heterocycles. The Morgan fingerprint density at radius 3 is 1.69 bits per heavy atom. The summed E-state index contributed by atoms with van der Waals surface area (Å²) in [5.74, 6) is 0.0960. The zero-order valence-corrected chi connectivity index (χ0v) is 22.1. The summed E-state index contributed by atoms with van der Waals surface area (Å²) in [6, 6.07) is 9.89. The fraction of sp³-hybridized carbons (Fsp3) is 0.500. The second-order valence-electron chi connectivity index (χ2n) is 8.24. The van der Waals surface area contributed by atoms with Gasteiger partial charge in [0.2, 0.25) is 0 Å². The molecular weight excluding hydrogens is 492 g/mol. The van der Waals surface area contributed by atoms with Gasteiger partial charge in [-0.15, -0.1) is 0 Å². The van der Waals surface area contributed by atoms with Crippen molar-refractivity contribution >= 4 is 20.2 Å². The lowest BCUT2D eigenvalue weighted by atomic mass is 10.0. The van der Waals surface area contributed by atoms with E-state index in [0.717, 1.165) is 30.5 Å². The Balaban J connectivity index is 0.00000578. The van der Waals surface area contributed by atoms with E-state index in [1.807, 2.05) is 12.1 Å². The van der Waals surface area contributed by atoms with Gasteiger partial charge < -0.3 is 17.0 Å². The lowest BCUT2D eigenvalue weighted by Gasteiger charge is -2.11. The molecule has 0 spiro atoms. The van der Waals surface area contributed by atoms with Crippen LogP contribution in [0.3, 0.4) is 0 Å². The summed E-state index contributed by atoms with van der Waals surface area (Å²) in [4.78, 5) is -1.40. The van der Waals surface area contributed by atoms with E-state index in [1.165, 1.54) is 57.8 Å². The smallest absolute Gasteiger partial charge is 0.298 e. The second kappa shape index (κ2) is 15.9. The Morgan fingerprint density at radius 1 is 0.686 bits per heavy atom. The van der Waals surface area contributed by atoms with Crippen molar-refractivity contribution in [2.75, 3.05) is 0 Å². The van der Waals surface area contributed by atoms with E-state index in [9.17, 15) is 21.4 Å². The third-order valence-electron chi connectivity index (χ3n) is 5.46. The maximum atomic E-state index is 11.6. The highest BCUT2D eigenvalue weighted by Crippen LogP contribution is 2.31. The molecule has 35 heavy (non-hydrogen) atoms. The van der Waals surface area contributed by atoms with Crippen molar-refractivity contribution in [3.63, 3.8) is 0 Å². The highest BCUT2D eigenvalue weighted by atomic mass is 32.2. The van der Waals surface area contributed by atoms with Crippen molar-refractivity contribution in [2.45, 2.75) is 87.3 Å². The van der Waals surface area contributed by atoms with Crippen LogP contribution in [0, 0.1) is 0 Å². The molecule has 0 aliphatic carbocycles. The monoisotopic (exact) mass is 532 g/mol. The molecule has 9 nitrogen and oxygen atoms in total. The molecule has 2 aromatic carbocycles. The van der Waals surface area contributed by atoms with Crippen molar-refractivity contribution < 1.29 is 30.7 Å². The van der Waals surface area contributed by atoms with Gasteiger partial charge in [-0.3, -0.25) is 9.11 Å². The van der Waals surface area contributed by atoms with E-state index in [-0.39, 0.29) is 18.1 Å². The van der Waals surface area contributed by atoms with Gasteiger partial charge in [-0.25, -0.2) is 0 Å². The van der Waals surface area contributed by atoms with Crippen LogP contribution in [0.2, 0.25) is 0 Å². The zero-order chi connectivity index (χ0) is 24.3. The van der Waals surface area contributed by atoms with Crippen LogP contribution in [0.15, 0.2) is 52.3 Å². The summed E-state index contributed by atoms with van der Waals surface area (Å²) < 4.78 is 69.9. The summed E-state index contributed by atoms with van der Waals surface area (Å²) >= 11 is 0. The van der Waals surface area contributed by atoms with Crippen LogP contribution in [0.25, 0.3) is 0 Å². The fourth-order valence-electron chi connectivity index (χ4n) is 3.60. The van der Waals surface area contributed by atoms with Gasteiger partial charge in [-0.1, -0.05) is 76.8 Å². The summed E-state index contributed by atoms with van der Waals surface area (Å²) in [5, 5.41) is 0. The Bertz CT molecular complexity index is 1090. The first-order valence-corrected chi connectivity index (χ1v) is 14.3. The molecule has 0 aliphatic rings. The van der Waals surface area contributed by atoms with Gasteiger partial charge in [0.15, 0.2) is 0 Å². The second-order valence-corrected chi connectivity index (χ2v) is 11.0. The molecule has 200 valence electrons. The Morgan fingerprint density at radius 2 is 1.20 bits per heavy atom. The normalized spacial score (nSPS) is 11.4. The van der Waals surface area contributed by atoms with Crippen molar-refractivity contribution in [1.29, 1.82) is 0 Å². The zero-order valence-electron chi connectivity index (χ0n) is 20.5. The summed E-state index contributed by atoms with van der Waals surface area (Å²) in [5.41, 5.74) is 1.14. The SMILES string of the molecule is CCCCCCCCCCCCc1ccc(Oc2ccc(S(=O)(=O)O)cc2S(=O)(=O)O)cc1.N.N. The molecule has 2 rings (SSSR count). The molecule has 8 N–H and O–H groups in total. The minimum absolute atomic E-state index is 0. The maximum Gasteiger partial charge on any atom is 0.298 e. The fourth-order valence-corrected chi connectivity index (χ4v) is 4.82. The van der Waals surface area contributed by atoms with Gasteiger partial charge in [0.1, 0.15) is 16.4 Å². The number of benzene rings is 2. The molecule has 0 amide bonds. The predicted octanol–water partition coefficient (Wildman–Crippen LogP) is 6.76. The average Bonchev–Trinajstić information content (AvgIpc) is 2.75. The summed E-state index contributed by atoms with van der Waals surface area (Å²) in [7, 11) is -9.41. The minimum Gasteiger partial charge on any atom is -0.456 e. The molecule has 0 fully saturated rings. The third kappa shape index (κ3) is 12.0. The first-order valence-electron chi connectivity index (χ1n) is 11.5. The molecule has 0 unspecified atom stereocenters. The maximum absolute atomic E-state index is 11.6. The van der Waals surface area contributed by atoms with E-state index in [1.54, 1.807) is 12.1 Å². The molecule has 2 aromatic rings. The molecule has 0 saturated carbocycles. The van der Waals surface area contributed by atoms with E-state index in [0.29, 0.717) is 11.8 Å². The van der Waals surface area contributed by atoms with Crippen LogP contribution in [-0.4, -0.2) is 25.9 Å². The van der Waals surface area contributed by atoms with Crippen LogP contribution in [0.4, 0.5) is 0 Å². The lowest BCUT2D eigenvalue weighted by molar-refractivity contribution is 0.448. The van der Waals surface area contributed by atoms with Gasteiger partial charge >= 0.3 is 0 Å². The van der Waals surface area contributed by atoms with Crippen molar-refractivity contribution in [3.05, 3.63) is 48.0 Å². The summed E-state index contributed by atoms with van der Waals surface area (Å²) in [6.45, 7) is 2.23.